The molecule has 1 aliphatic heterocycles. The zero-order valence-electron chi connectivity index (χ0n) is 24.1. The largest absolute Gasteiger partial charge is 0.479 e. The third-order valence-corrected chi connectivity index (χ3v) is 9.69. The van der Waals surface area contributed by atoms with E-state index >= 15 is 0 Å². The van der Waals surface area contributed by atoms with Crippen LogP contribution in [0.5, 0.6) is 0 Å². The molecule has 1 aromatic carbocycles. The predicted molar refractivity (Wildman–Crippen MR) is 155 cm³/mol. The van der Waals surface area contributed by atoms with E-state index in [9.17, 15) is 14.7 Å². The number of ether oxygens (including phenoxy) is 1. The van der Waals surface area contributed by atoms with Crippen molar-refractivity contribution in [2.24, 2.45) is 16.8 Å². The number of carbonyl (C=O) groups is 2. The molecular weight excluding hydrogens is 514 g/mol. The first-order valence-electron chi connectivity index (χ1n) is 14.8. The molecule has 8 heteroatoms. The van der Waals surface area contributed by atoms with Crippen LogP contribution in [0.2, 0.25) is 5.02 Å². The van der Waals surface area contributed by atoms with Crippen LogP contribution in [0, 0.1) is 11.8 Å². The van der Waals surface area contributed by atoms with Crippen LogP contribution in [0.1, 0.15) is 95.6 Å². The van der Waals surface area contributed by atoms with E-state index < -0.39 is 17.5 Å². The number of nitrogens with zero attached hydrogens (tertiary/aromatic N) is 3. The van der Waals surface area contributed by atoms with Gasteiger partial charge in [0.15, 0.2) is 5.54 Å². The fourth-order valence-electron chi connectivity index (χ4n) is 7.65. The van der Waals surface area contributed by atoms with Crippen LogP contribution in [0.15, 0.2) is 29.3 Å². The monoisotopic (exact) mass is 559 g/mol. The summed E-state index contributed by atoms with van der Waals surface area (Å²) < 4.78 is 5.18. The van der Waals surface area contributed by atoms with Gasteiger partial charge in [0.25, 0.3) is 0 Å². The topological polar surface area (TPSA) is 82.4 Å². The molecule has 0 spiro atoms. The van der Waals surface area contributed by atoms with Gasteiger partial charge in [-0.25, -0.2) is 14.6 Å². The molecular formula is C31H46ClN3O4. The number of carboxylic acid groups (broad SMARTS) is 1. The van der Waals surface area contributed by atoms with Gasteiger partial charge in [0.05, 0.1) is 13.2 Å². The van der Waals surface area contributed by atoms with E-state index in [2.05, 4.69) is 43.0 Å². The molecule has 0 amide bonds. The van der Waals surface area contributed by atoms with Crippen molar-refractivity contribution in [1.82, 2.24) is 9.80 Å². The van der Waals surface area contributed by atoms with Crippen LogP contribution >= 0.6 is 11.6 Å². The van der Waals surface area contributed by atoms with Crippen molar-refractivity contribution in [3.63, 3.8) is 0 Å². The maximum absolute atomic E-state index is 13.1. The van der Waals surface area contributed by atoms with E-state index in [1.165, 1.54) is 19.1 Å². The number of methoxy groups -OCH3 is 1. The number of rotatable bonds is 10. The minimum Gasteiger partial charge on any atom is -0.479 e. The van der Waals surface area contributed by atoms with Crippen molar-refractivity contribution in [1.29, 1.82) is 0 Å². The van der Waals surface area contributed by atoms with Gasteiger partial charge in [-0.15, -0.1) is 0 Å². The fourth-order valence-corrected chi connectivity index (χ4v) is 7.78. The number of halogens is 1. The van der Waals surface area contributed by atoms with Crippen molar-refractivity contribution in [3.8, 4) is 0 Å². The summed E-state index contributed by atoms with van der Waals surface area (Å²) >= 11 is 6.17. The molecule has 7 nitrogen and oxygen atoms in total. The molecule has 0 radical (unpaired) electrons. The standard InChI is InChI=1S/C31H46ClN3O4/c1-5-6-20-31(30(37)38)27(35(25-10-8-7-9-11-25)28(33-31)29(36)39-4)23-14-12-21(13-15-23)26(34(2)3)22-16-18-24(32)19-17-22/h16-19,21,23,25-27H,5-15,20H2,1-4H3,(H,37,38). The third kappa shape index (κ3) is 6.14. The van der Waals surface area contributed by atoms with Gasteiger partial charge in [-0.1, -0.05) is 62.8 Å². The molecule has 1 aromatic rings. The molecule has 3 unspecified atom stereocenters. The molecule has 216 valence electrons. The van der Waals surface area contributed by atoms with Crippen LogP contribution in [0.4, 0.5) is 0 Å². The average Bonchev–Trinajstić information content (AvgIpc) is 3.30. The summed E-state index contributed by atoms with van der Waals surface area (Å²) in [5.74, 6) is -0.570. The Hall–Kier alpha value is -2.12. The molecule has 1 heterocycles. The van der Waals surface area contributed by atoms with Gasteiger partial charge in [-0.2, -0.15) is 0 Å². The van der Waals surface area contributed by atoms with Crippen molar-refractivity contribution >= 4 is 29.4 Å². The van der Waals surface area contributed by atoms with Crippen molar-refractivity contribution in [3.05, 3.63) is 34.9 Å². The van der Waals surface area contributed by atoms with Gasteiger partial charge in [-0.05, 0) is 88.6 Å². The quantitative estimate of drug-likeness (QED) is 0.336. The Bertz CT molecular complexity index is 1020. The number of aliphatic imine (C=N–C) groups is 1. The van der Waals surface area contributed by atoms with Crippen LogP contribution in [-0.2, 0) is 14.3 Å². The molecule has 0 bridgehead atoms. The molecule has 2 fully saturated rings. The highest BCUT2D eigenvalue weighted by atomic mass is 35.5. The Morgan fingerprint density at radius 2 is 1.74 bits per heavy atom. The number of hydrogen-bond donors (Lipinski definition) is 1. The van der Waals surface area contributed by atoms with Gasteiger partial charge in [-0.3, -0.25) is 0 Å². The lowest BCUT2D eigenvalue weighted by Gasteiger charge is -2.47. The normalized spacial score (nSPS) is 28.8. The van der Waals surface area contributed by atoms with Gasteiger partial charge in [0.1, 0.15) is 0 Å². The van der Waals surface area contributed by atoms with E-state index in [1.54, 1.807) is 0 Å². The van der Waals surface area contributed by atoms with Gasteiger partial charge < -0.3 is 19.6 Å². The number of aliphatic carboxylic acids is 1. The first-order valence-corrected chi connectivity index (χ1v) is 15.2. The van der Waals surface area contributed by atoms with Crippen LogP contribution in [-0.4, -0.2) is 71.5 Å². The van der Waals surface area contributed by atoms with Crippen molar-refractivity contribution < 1.29 is 19.4 Å². The van der Waals surface area contributed by atoms with E-state index in [-0.39, 0.29) is 29.9 Å². The Balaban J connectivity index is 1.66. The SMILES string of the molecule is CCCCC1(C(=O)O)N=C(C(=O)OC)N(C2CCCCC2)C1C1CCC(C(c2ccc(Cl)cc2)N(C)C)CC1. The number of unbranched alkanes of at least 4 members (excludes halogenated alkanes) is 1. The highest BCUT2D eigenvalue weighted by molar-refractivity contribution is 6.36. The molecule has 0 aromatic heterocycles. The molecule has 3 aliphatic rings. The lowest BCUT2D eigenvalue weighted by molar-refractivity contribution is -0.147. The average molecular weight is 560 g/mol. The van der Waals surface area contributed by atoms with E-state index in [0.717, 1.165) is 69.2 Å². The molecule has 0 saturated heterocycles. The number of amidine groups is 1. The third-order valence-electron chi connectivity index (χ3n) is 9.43. The Morgan fingerprint density at radius 1 is 1.10 bits per heavy atom. The lowest BCUT2D eigenvalue weighted by atomic mass is 9.68. The van der Waals surface area contributed by atoms with Crippen LogP contribution in [0.25, 0.3) is 0 Å². The van der Waals surface area contributed by atoms with E-state index in [1.807, 2.05) is 12.1 Å². The molecule has 3 atom stereocenters. The van der Waals surface area contributed by atoms with Gasteiger partial charge >= 0.3 is 11.9 Å². The minimum atomic E-state index is -1.31. The van der Waals surface area contributed by atoms with Gasteiger partial charge in [0.2, 0.25) is 5.84 Å². The summed E-state index contributed by atoms with van der Waals surface area (Å²) in [5, 5.41) is 11.5. The number of esters is 1. The summed E-state index contributed by atoms with van der Waals surface area (Å²) in [6.45, 7) is 2.08. The van der Waals surface area contributed by atoms with Crippen molar-refractivity contribution in [2.45, 2.75) is 108 Å². The predicted octanol–water partition coefficient (Wildman–Crippen LogP) is 6.35. The second kappa shape index (κ2) is 13.0. The Labute approximate surface area is 238 Å². The van der Waals surface area contributed by atoms with E-state index in [4.69, 9.17) is 21.3 Å². The van der Waals surface area contributed by atoms with Crippen LogP contribution < -0.4 is 0 Å². The number of hydrogen-bond acceptors (Lipinski definition) is 6. The maximum atomic E-state index is 13.1. The summed E-state index contributed by atoms with van der Waals surface area (Å²) in [4.78, 5) is 35.5. The molecule has 2 aliphatic carbocycles. The highest BCUT2D eigenvalue weighted by Crippen LogP contribution is 2.48. The zero-order valence-corrected chi connectivity index (χ0v) is 24.8. The highest BCUT2D eigenvalue weighted by Gasteiger charge is 2.59. The Morgan fingerprint density at radius 3 is 2.28 bits per heavy atom. The molecule has 39 heavy (non-hydrogen) atoms. The second-order valence-corrected chi connectivity index (χ2v) is 12.5. The maximum Gasteiger partial charge on any atom is 0.373 e. The lowest BCUT2D eigenvalue weighted by Crippen LogP contribution is -2.59. The first kappa shape index (κ1) is 29.9. The molecule has 2 saturated carbocycles. The first-order chi connectivity index (χ1) is 18.7. The summed E-state index contributed by atoms with van der Waals surface area (Å²) in [6, 6.07) is 8.24. The second-order valence-electron chi connectivity index (χ2n) is 12.0. The fraction of sp³-hybridized carbons (Fsp3) is 0.710. The van der Waals surface area contributed by atoms with Gasteiger partial charge in [0, 0.05) is 17.1 Å². The van der Waals surface area contributed by atoms with Crippen molar-refractivity contribution in [2.75, 3.05) is 21.2 Å². The minimum absolute atomic E-state index is 0.130. The molecule has 1 N–H and O–H groups in total. The zero-order chi connectivity index (χ0) is 28.2. The Kier molecular flexibility index (Phi) is 9.97. The summed E-state index contributed by atoms with van der Waals surface area (Å²) in [5.41, 5.74) is -0.0531. The molecule has 4 rings (SSSR count). The summed E-state index contributed by atoms with van der Waals surface area (Å²) in [6.07, 6.45) is 11.2. The van der Waals surface area contributed by atoms with Crippen LogP contribution in [0.3, 0.4) is 0 Å². The van der Waals surface area contributed by atoms with E-state index in [0.29, 0.717) is 12.3 Å². The summed E-state index contributed by atoms with van der Waals surface area (Å²) in [7, 11) is 5.63. The number of benzene rings is 1. The number of carboxylic acids is 1. The smallest absolute Gasteiger partial charge is 0.373 e. The number of carbonyl (C=O) groups excluding carboxylic acids is 1.